The molecule has 1 fully saturated rings. The first-order chi connectivity index (χ1) is 17.5. The van der Waals surface area contributed by atoms with E-state index >= 15 is 0 Å². The number of fused-ring (bicyclic) bond motifs is 1. The smallest absolute Gasteiger partial charge is 0.340 e. The van der Waals surface area contributed by atoms with E-state index in [0.717, 1.165) is 35.5 Å². The van der Waals surface area contributed by atoms with Crippen LogP contribution in [-0.4, -0.2) is 75.5 Å². The summed E-state index contributed by atoms with van der Waals surface area (Å²) in [6, 6.07) is 9.32. The normalized spacial score (nSPS) is 13.9. The average molecular weight is 513 g/mol. The minimum atomic E-state index is -0.409. The minimum absolute atomic E-state index is 0.258. The first-order valence-electron chi connectivity index (χ1n) is 11.8. The molecule has 1 aromatic heterocycles. The van der Waals surface area contributed by atoms with Gasteiger partial charge in [-0.2, -0.15) is 11.8 Å². The Labute approximate surface area is 215 Å². The Morgan fingerprint density at radius 2 is 1.56 bits per heavy atom. The number of rotatable bonds is 9. The van der Waals surface area contributed by atoms with Crippen molar-refractivity contribution in [3.05, 3.63) is 41.6 Å². The second kappa shape index (κ2) is 11.7. The SMILES string of the molecule is CCOC(=O)c1c(CN2CCSCC2)nc2cc(OC)c(OC)cc2c1-c1ccc(OC)c(OC)c1. The summed E-state index contributed by atoms with van der Waals surface area (Å²) < 4.78 is 27.7. The van der Waals surface area contributed by atoms with Crippen molar-refractivity contribution in [1.82, 2.24) is 9.88 Å². The molecule has 0 saturated carbocycles. The molecule has 0 unspecified atom stereocenters. The molecular formula is C27H32N2O6S. The van der Waals surface area contributed by atoms with Crippen LogP contribution < -0.4 is 18.9 Å². The number of ether oxygens (including phenoxy) is 5. The summed E-state index contributed by atoms with van der Waals surface area (Å²) in [7, 11) is 6.36. The van der Waals surface area contributed by atoms with E-state index < -0.39 is 5.97 Å². The van der Waals surface area contributed by atoms with Crippen molar-refractivity contribution in [2.75, 3.05) is 59.6 Å². The zero-order valence-electron chi connectivity index (χ0n) is 21.4. The molecule has 0 amide bonds. The highest BCUT2D eigenvalue weighted by atomic mass is 32.2. The van der Waals surface area contributed by atoms with Crippen LogP contribution in [0.5, 0.6) is 23.0 Å². The number of carbonyl (C=O) groups is 1. The number of pyridine rings is 1. The number of methoxy groups -OCH3 is 4. The second-order valence-corrected chi connectivity index (χ2v) is 9.44. The van der Waals surface area contributed by atoms with E-state index in [1.54, 1.807) is 35.4 Å². The van der Waals surface area contributed by atoms with Gasteiger partial charge in [-0.1, -0.05) is 6.07 Å². The highest BCUT2D eigenvalue weighted by Crippen LogP contribution is 2.42. The lowest BCUT2D eigenvalue weighted by molar-refractivity contribution is 0.0524. The molecule has 4 rings (SSSR count). The van der Waals surface area contributed by atoms with Gasteiger partial charge in [0, 0.05) is 48.2 Å². The van der Waals surface area contributed by atoms with Crippen molar-refractivity contribution in [2.24, 2.45) is 0 Å². The van der Waals surface area contributed by atoms with Crippen molar-refractivity contribution >= 4 is 28.6 Å². The topological polar surface area (TPSA) is 79.4 Å². The van der Waals surface area contributed by atoms with Gasteiger partial charge in [0.25, 0.3) is 0 Å². The highest BCUT2D eigenvalue weighted by molar-refractivity contribution is 7.99. The molecule has 0 spiro atoms. The number of carbonyl (C=O) groups excluding carboxylic acids is 1. The lowest BCUT2D eigenvalue weighted by Gasteiger charge is -2.27. The highest BCUT2D eigenvalue weighted by Gasteiger charge is 2.27. The van der Waals surface area contributed by atoms with Crippen molar-refractivity contribution in [3.8, 4) is 34.1 Å². The quantitative estimate of drug-likeness (QED) is 0.380. The third-order valence-corrected chi connectivity index (χ3v) is 7.14. The number of hydrogen-bond acceptors (Lipinski definition) is 9. The number of aromatic nitrogens is 1. The predicted octanol–water partition coefficient (Wildman–Crippen LogP) is 4.66. The van der Waals surface area contributed by atoms with Crippen molar-refractivity contribution in [3.63, 3.8) is 0 Å². The Morgan fingerprint density at radius 3 is 2.19 bits per heavy atom. The maximum absolute atomic E-state index is 13.5. The summed E-state index contributed by atoms with van der Waals surface area (Å²) in [6.45, 7) is 4.47. The van der Waals surface area contributed by atoms with Crippen LogP contribution in [0.2, 0.25) is 0 Å². The Balaban J connectivity index is 2.05. The van der Waals surface area contributed by atoms with E-state index in [2.05, 4.69) is 4.90 Å². The van der Waals surface area contributed by atoms with E-state index in [9.17, 15) is 4.79 Å². The van der Waals surface area contributed by atoms with Gasteiger partial charge in [0.05, 0.1) is 51.8 Å². The zero-order chi connectivity index (χ0) is 25.7. The number of esters is 1. The summed E-state index contributed by atoms with van der Waals surface area (Å²) in [5, 5.41) is 0.751. The van der Waals surface area contributed by atoms with Gasteiger partial charge in [0.1, 0.15) is 0 Å². The zero-order valence-corrected chi connectivity index (χ0v) is 22.2. The lowest BCUT2D eigenvalue weighted by atomic mass is 9.93. The summed E-state index contributed by atoms with van der Waals surface area (Å²) in [6.07, 6.45) is 0. The molecule has 1 aliphatic rings. The standard InChI is InChI=1S/C27H32N2O6S/c1-6-35-27(30)26-20(16-29-9-11-36-12-10-29)28-19-15-24(34-5)23(33-4)14-18(19)25(26)17-7-8-21(31-2)22(13-17)32-3/h7-8,13-15H,6,9-12,16H2,1-5H3. The number of nitrogens with zero attached hydrogens (tertiary/aromatic N) is 2. The molecule has 0 atom stereocenters. The van der Waals surface area contributed by atoms with Crippen molar-refractivity contribution in [1.29, 1.82) is 0 Å². The van der Waals surface area contributed by atoms with Gasteiger partial charge < -0.3 is 23.7 Å². The molecule has 2 aromatic carbocycles. The fourth-order valence-corrected chi connectivity index (χ4v) is 5.42. The molecule has 0 N–H and O–H groups in total. The van der Waals surface area contributed by atoms with Gasteiger partial charge in [-0.15, -0.1) is 0 Å². The molecule has 9 heteroatoms. The molecule has 2 heterocycles. The summed E-state index contributed by atoms with van der Waals surface area (Å²) in [5.41, 5.74) is 3.31. The lowest BCUT2D eigenvalue weighted by Crippen LogP contribution is -2.33. The Kier molecular flexibility index (Phi) is 8.43. The van der Waals surface area contributed by atoms with Gasteiger partial charge in [0.2, 0.25) is 0 Å². The van der Waals surface area contributed by atoms with E-state index in [1.807, 2.05) is 42.1 Å². The fourth-order valence-electron chi connectivity index (χ4n) is 4.44. The van der Waals surface area contributed by atoms with Gasteiger partial charge in [0.15, 0.2) is 23.0 Å². The van der Waals surface area contributed by atoms with Crippen LogP contribution in [0.1, 0.15) is 23.0 Å². The van der Waals surface area contributed by atoms with E-state index in [1.165, 1.54) is 0 Å². The maximum Gasteiger partial charge on any atom is 0.340 e. The van der Waals surface area contributed by atoms with Crippen LogP contribution in [0.3, 0.4) is 0 Å². The number of hydrogen-bond donors (Lipinski definition) is 0. The minimum Gasteiger partial charge on any atom is -0.493 e. The van der Waals surface area contributed by atoms with Gasteiger partial charge in [-0.3, -0.25) is 9.88 Å². The van der Waals surface area contributed by atoms with Crippen LogP contribution in [0.4, 0.5) is 0 Å². The van der Waals surface area contributed by atoms with E-state index in [0.29, 0.717) is 51.9 Å². The fraction of sp³-hybridized carbons (Fsp3) is 0.407. The molecule has 8 nitrogen and oxygen atoms in total. The predicted molar refractivity (Wildman–Crippen MR) is 142 cm³/mol. The molecule has 3 aromatic rings. The largest absolute Gasteiger partial charge is 0.493 e. The van der Waals surface area contributed by atoms with Gasteiger partial charge >= 0.3 is 5.97 Å². The second-order valence-electron chi connectivity index (χ2n) is 8.21. The number of thioether (sulfide) groups is 1. The Hall–Kier alpha value is -3.17. The molecule has 192 valence electrons. The number of benzene rings is 2. The monoisotopic (exact) mass is 512 g/mol. The first kappa shape index (κ1) is 25.9. The molecule has 0 radical (unpaired) electrons. The van der Waals surface area contributed by atoms with E-state index in [4.69, 9.17) is 28.7 Å². The third-order valence-electron chi connectivity index (χ3n) is 6.19. The third kappa shape index (κ3) is 5.17. The summed E-state index contributed by atoms with van der Waals surface area (Å²) in [4.78, 5) is 20.8. The van der Waals surface area contributed by atoms with Crippen LogP contribution in [0.15, 0.2) is 30.3 Å². The summed E-state index contributed by atoms with van der Waals surface area (Å²) in [5.74, 6) is 3.97. The van der Waals surface area contributed by atoms with Gasteiger partial charge in [-0.25, -0.2) is 4.79 Å². The maximum atomic E-state index is 13.5. The average Bonchev–Trinajstić information content (AvgIpc) is 2.91. The van der Waals surface area contributed by atoms with Crippen LogP contribution in [0.25, 0.3) is 22.0 Å². The molecule has 1 saturated heterocycles. The van der Waals surface area contributed by atoms with Crippen LogP contribution in [-0.2, 0) is 11.3 Å². The van der Waals surface area contributed by atoms with E-state index in [-0.39, 0.29) is 6.61 Å². The summed E-state index contributed by atoms with van der Waals surface area (Å²) >= 11 is 1.94. The molecule has 0 bridgehead atoms. The van der Waals surface area contributed by atoms with Crippen molar-refractivity contribution < 1.29 is 28.5 Å². The van der Waals surface area contributed by atoms with Crippen LogP contribution in [0, 0.1) is 0 Å². The Morgan fingerprint density at radius 1 is 0.917 bits per heavy atom. The first-order valence-corrected chi connectivity index (χ1v) is 13.0. The molecular weight excluding hydrogens is 480 g/mol. The van der Waals surface area contributed by atoms with Crippen molar-refractivity contribution in [2.45, 2.75) is 13.5 Å². The van der Waals surface area contributed by atoms with Crippen LogP contribution >= 0.6 is 11.8 Å². The Bertz CT molecular complexity index is 1240. The molecule has 0 aliphatic carbocycles. The molecule has 1 aliphatic heterocycles. The molecule has 36 heavy (non-hydrogen) atoms. The van der Waals surface area contributed by atoms with Gasteiger partial charge in [-0.05, 0) is 30.7 Å².